The van der Waals surface area contributed by atoms with Crippen molar-refractivity contribution in [2.24, 2.45) is 4.99 Å². The third kappa shape index (κ3) is 3.34. The number of aromatic nitrogens is 1. The van der Waals surface area contributed by atoms with Crippen LogP contribution in [0.2, 0.25) is 0 Å². The Balaban J connectivity index is 1.56. The summed E-state index contributed by atoms with van der Waals surface area (Å²) in [7, 11) is 0. The Labute approximate surface area is 153 Å². The van der Waals surface area contributed by atoms with Crippen LogP contribution in [-0.4, -0.2) is 23.5 Å². The number of carbonyl (C=O) groups excluding carboxylic acids is 1. The minimum Gasteiger partial charge on any atom is -0.346 e. The molecule has 2 aromatic carbocycles. The molecule has 0 fully saturated rings. The molecule has 0 saturated heterocycles. The monoisotopic (exact) mass is 366 g/mol. The van der Waals surface area contributed by atoms with Gasteiger partial charge in [-0.25, -0.2) is 14.4 Å². The smallest absolute Gasteiger partial charge is 0.276 e. The Morgan fingerprint density at radius 3 is 2.88 bits per heavy atom. The normalized spacial score (nSPS) is 16.6. The highest BCUT2D eigenvalue weighted by molar-refractivity contribution is 7.16. The van der Waals surface area contributed by atoms with E-state index in [1.54, 1.807) is 11.6 Å². The number of guanidine groups is 1. The van der Waals surface area contributed by atoms with Crippen molar-refractivity contribution in [3.8, 4) is 0 Å². The number of hydrogen-bond donors (Lipinski definition) is 2. The lowest BCUT2D eigenvalue weighted by atomic mass is 10.1. The number of alkyl halides is 1. The molecule has 1 aliphatic heterocycles. The van der Waals surface area contributed by atoms with E-state index >= 15 is 0 Å². The molecule has 1 aliphatic rings. The second-order valence-corrected chi connectivity index (χ2v) is 6.67. The fourth-order valence-electron chi connectivity index (χ4n) is 2.72. The number of thiazole rings is 1. The van der Waals surface area contributed by atoms with Gasteiger partial charge in [0.1, 0.15) is 12.4 Å². The maximum Gasteiger partial charge on any atom is 0.276 e. The third-order valence-corrected chi connectivity index (χ3v) is 4.81. The van der Waals surface area contributed by atoms with Crippen LogP contribution in [0.5, 0.6) is 0 Å². The Kier molecular flexibility index (Phi) is 4.45. The zero-order chi connectivity index (χ0) is 17.9. The van der Waals surface area contributed by atoms with Gasteiger partial charge in [0.15, 0.2) is 0 Å². The van der Waals surface area contributed by atoms with Crippen molar-refractivity contribution in [3.63, 3.8) is 0 Å². The second-order valence-electron chi connectivity index (χ2n) is 5.79. The Morgan fingerprint density at radius 2 is 2.08 bits per heavy atom. The van der Waals surface area contributed by atoms with Gasteiger partial charge in [-0.05, 0) is 29.3 Å². The number of carbonyl (C=O) groups is 1. The van der Waals surface area contributed by atoms with Crippen molar-refractivity contribution in [2.75, 3.05) is 6.67 Å². The van der Waals surface area contributed by atoms with E-state index in [0.29, 0.717) is 0 Å². The molecule has 26 heavy (non-hydrogen) atoms. The number of hydrogen-bond acceptors (Lipinski definition) is 5. The van der Waals surface area contributed by atoms with Crippen molar-refractivity contribution < 1.29 is 9.18 Å². The first-order chi connectivity index (χ1) is 12.7. The molecule has 0 saturated carbocycles. The van der Waals surface area contributed by atoms with Gasteiger partial charge < -0.3 is 5.32 Å². The highest BCUT2D eigenvalue weighted by Crippen LogP contribution is 2.21. The van der Waals surface area contributed by atoms with E-state index in [9.17, 15) is 9.18 Å². The van der Waals surface area contributed by atoms with Crippen molar-refractivity contribution in [1.82, 2.24) is 15.6 Å². The molecular formula is C19H15FN4OS. The first-order valence-corrected chi connectivity index (χ1v) is 8.93. The number of amides is 1. The van der Waals surface area contributed by atoms with Crippen LogP contribution in [0.15, 0.2) is 64.7 Å². The summed E-state index contributed by atoms with van der Waals surface area (Å²) in [5.74, 6) is -0.0609. The van der Waals surface area contributed by atoms with E-state index in [1.165, 1.54) is 11.3 Å². The van der Waals surface area contributed by atoms with Crippen LogP contribution in [0.25, 0.3) is 16.3 Å². The van der Waals surface area contributed by atoms with E-state index < -0.39 is 12.7 Å². The summed E-state index contributed by atoms with van der Waals surface area (Å²) in [5, 5.41) is 5.59. The van der Waals surface area contributed by atoms with Crippen molar-refractivity contribution in [1.29, 1.82) is 0 Å². The fourth-order valence-corrected chi connectivity index (χ4v) is 3.44. The molecule has 0 spiro atoms. The van der Waals surface area contributed by atoms with E-state index in [4.69, 9.17) is 0 Å². The molecule has 7 heteroatoms. The molecule has 1 aromatic heterocycles. The highest BCUT2D eigenvalue weighted by atomic mass is 32.1. The summed E-state index contributed by atoms with van der Waals surface area (Å²) in [6, 6.07) is 14.4. The van der Waals surface area contributed by atoms with Crippen LogP contribution < -0.4 is 10.6 Å². The van der Waals surface area contributed by atoms with Gasteiger partial charge in [0.05, 0.1) is 21.8 Å². The van der Waals surface area contributed by atoms with Crippen molar-refractivity contribution in [3.05, 3.63) is 70.9 Å². The molecule has 130 valence electrons. The number of nitrogens with one attached hydrogen (secondary N) is 2. The van der Waals surface area contributed by atoms with Crippen LogP contribution in [0.4, 0.5) is 4.39 Å². The Hall–Kier alpha value is -3.06. The number of benzene rings is 2. The number of nitrogens with zero attached hydrogens (tertiary/aromatic N) is 2. The van der Waals surface area contributed by atoms with Gasteiger partial charge in [-0.15, -0.1) is 11.3 Å². The summed E-state index contributed by atoms with van der Waals surface area (Å²) >= 11 is 1.54. The van der Waals surface area contributed by atoms with Crippen molar-refractivity contribution in [2.45, 2.75) is 6.04 Å². The van der Waals surface area contributed by atoms with Gasteiger partial charge in [0.25, 0.3) is 5.91 Å². The molecule has 2 heterocycles. The highest BCUT2D eigenvalue weighted by Gasteiger charge is 2.23. The molecular weight excluding hydrogens is 351 g/mol. The Bertz CT molecular complexity index is 1010. The van der Waals surface area contributed by atoms with Crippen LogP contribution in [0.1, 0.15) is 17.2 Å². The topological polar surface area (TPSA) is 66.4 Å². The number of halogens is 1. The zero-order valence-electron chi connectivity index (χ0n) is 13.6. The molecule has 0 radical (unpaired) electrons. The number of fused-ring (bicyclic) bond motifs is 1. The molecule has 5 nitrogen and oxygen atoms in total. The fraction of sp³-hybridized carbons (Fsp3) is 0.105. The van der Waals surface area contributed by atoms with Crippen LogP contribution in [-0.2, 0) is 4.79 Å². The molecule has 2 N–H and O–H groups in total. The van der Waals surface area contributed by atoms with E-state index in [0.717, 1.165) is 21.3 Å². The largest absolute Gasteiger partial charge is 0.346 e. The first-order valence-electron chi connectivity index (χ1n) is 8.05. The molecule has 3 aromatic rings. The molecule has 0 aliphatic carbocycles. The van der Waals surface area contributed by atoms with Gasteiger partial charge in [0.2, 0.25) is 5.96 Å². The van der Waals surface area contributed by atoms with Gasteiger partial charge in [0, 0.05) is 0 Å². The van der Waals surface area contributed by atoms with Crippen LogP contribution in [0.3, 0.4) is 0 Å². The summed E-state index contributed by atoms with van der Waals surface area (Å²) < 4.78 is 14.4. The lowest BCUT2D eigenvalue weighted by molar-refractivity contribution is -0.115. The quantitative estimate of drug-likeness (QED) is 0.696. The lowest BCUT2D eigenvalue weighted by Crippen LogP contribution is -2.39. The minimum atomic E-state index is -0.611. The summed E-state index contributed by atoms with van der Waals surface area (Å²) in [6.45, 7) is -0.611. The van der Waals surface area contributed by atoms with Crippen LogP contribution >= 0.6 is 11.3 Å². The summed E-state index contributed by atoms with van der Waals surface area (Å²) in [6.07, 6.45) is 1.70. The number of rotatable bonds is 4. The molecule has 0 bridgehead atoms. The summed E-state index contributed by atoms with van der Waals surface area (Å²) in [4.78, 5) is 20.7. The zero-order valence-corrected chi connectivity index (χ0v) is 14.5. The second kappa shape index (κ2) is 7.05. The molecule has 1 unspecified atom stereocenters. The lowest BCUT2D eigenvalue weighted by Gasteiger charge is -2.16. The van der Waals surface area contributed by atoms with E-state index in [1.807, 2.05) is 48.5 Å². The van der Waals surface area contributed by atoms with Gasteiger partial charge in [-0.2, -0.15) is 0 Å². The first kappa shape index (κ1) is 16.4. The third-order valence-electron chi connectivity index (χ3n) is 4.02. The SMILES string of the molecule is O=C1NC(NC(CF)c2ccccc2)=N/C1=C\c1ccc2ncsc2c1. The summed E-state index contributed by atoms with van der Waals surface area (Å²) in [5.41, 5.74) is 4.64. The molecule has 1 atom stereocenters. The van der Waals surface area contributed by atoms with Gasteiger partial charge in [-0.1, -0.05) is 36.4 Å². The maximum absolute atomic E-state index is 13.4. The average Bonchev–Trinajstić information content (AvgIpc) is 3.26. The van der Waals surface area contributed by atoms with Crippen LogP contribution in [0, 0.1) is 0 Å². The molecule has 4 rings (SSSR count). The maximum atomic E-state index is 13.4. The Morgan fingerprint density at radius 1 is 1.23 bits per heavy atom. The van der Waals surface area contributed by atoms with Gasteiger partial charge >= 0.3 is 0 Å². The molecule has 1 amide bonds. The standard InChI is InChI=1S/C19H15FN4OS/c20-10-16(13-4-2-1-3-5-13)23-19-22-15(18(25)24-19)8-12-6-7-14-17(9-12)26-11-21-14/h1-9,11,16H,10H2,(H2,22,23,24,25)/b15-8-. The average molecular weight is 366 g/mol. The van der Waals surface area contributed by atoms with E-state index in [2.05, 4.69) is 20.6 Å². The van der Waals surface area contributed by atoms with E-state index in [-0.39, 0.29) is 17.6 Å². The minimum absolute atomic E-state index is 0.256. The van der Waals surface area contributed by atoms with Gasteiger partial charge in [-0.3, -0.25) is 10.1 Å². The predicted molar refractivity (Wildman–Crippen MR) is 101 cm³/mol. The predicted octanol–water partition coefficient (Wildman–Crippen LogP) is 3.42. The number of aliphatic imine (C=N–C) groups is 1. The van der Waals surface area contributed by atoms with Crippen molar-refractivity contribution >= 4 is 39.5 Å².